The van der Waals surface area contributed by atoms with Crippen LogP contribution in [-0.4, -0.2) is 29.2 Å². The van der Waals surface area contributed by atoms with Crippen LogP contribution < -0.4 is 10.6 Å². The average Bonchev–Trinajstić information content (AvgIpc) is 3.27. The standard InChI is InChI=1S/C20H26FN5O.HI/c1-4-22-20(25-12-16-10-19(13(2)3)26-27-16)23-8-7-14-11-24-18-6-5-15(21)9-17(14)18;/h5-6,9-11,13,24H,4,7-8,12H2,1-3H3,(H2,22,23,25);1H. The number of guanidine groups is 1. The SMILES string of the molecule is CCNC(=NCc1cc(C(C)C)no1)NCCc1c[nH]c2ccc(F)cc12.I. The summed E-state index contributed by atoms with van der Waals surface area (Å²) in [6.45, 7) is 8.04. The zero-order valence-electron chi connectivity index (χ0n) is 16.4. The fraction of sp³-hybridized carbons (Fsp3) is 0.400. The summed E-state index contributed by atoms with van der Waals surface area (Å²) in [6.07, 6.45) is 2.69. The summed E-state index contributed by atoms with van der Waals surface area (Å²) in [7, 11) is 0. The van der Waals surface area contributed by atoms with Gasteiger partial charge < -0.3 is 20.1 Å². The number of benzene rings is 1. The van der Waals surface area contributed by atoms with E-state index in [1.54, 1.807) is 12.1 Å². The molecule has 8 heteroatoms. The second-order valence-corrected chi connectivity index (χ2v) is 6.75. The third-order valence-electron chi connectivity index (χ3n) is 4.32. The zero-order valence-corrected chi connectivity index (χ0v) is 18.7. The maximum absolute atomic E-state index is 13.5. The number of aromatic nitrogens is 2. The topological polar surface area (TPSA) is 78.2 Å². The normalized spacial score (nSPS) is 11.7. The average molecular weight is 499 g/mol. The van der Waals surface area contributed by atoms with Gasteiger partial charge in [-0.1, -0.05) is 19.0 Å². The maximum atomic E-state index is 13.5. The molecule has 3 rings (SSSR count). The van der Waals surface area contributed by atoms with Crippen molar-refractivity contribution in [1.82, 2.24) is 20.8 Å². The second-order valence-electron chi connectivity index (χ2n) is 6.75. The molecule has 1 aromatic carbocycles. The van der Waals surface area contributed by atoms with E-state index >= 15 is 0 Å². The minimum absolute atomic E-state index is 0. The molecule has 0 atom stereocenters. The van der Waals surface area contributed by atoms with Crippen LogP contribution in [-0.2, 0) is 13.0 Å². The van der Waals surface area contributed by atoms with Crippen LogP contribution in [0.15, 0.2) is 40.0 Å². The Bertz CT molecular complexity index is 918. The van der Waals surface area contributed by atoms with Crippen molar-refractivity contribution >= 4 is 40.8 Å². The highest BCUT2D eigenvalue weighted by Gasteiger charge is 2.08. The lowest BCUT2D eigenvalue weighted by Gasteiger charge is -2.10. The summed E-state index contributed by atoms with van der Waals surface area (Å²) in [5, 5.41) is 11.5. The van der Waals surface area contributed by atoms with Crippen molar-refractivity contribution in [3.05, 3.63) is 53.3 Å². The molecular formula is C20H27FIN5O. The van der Waals surface area contributed by atoms with Gasteiger partial charge in [0.05, 0.1) is 5.69 Å². The summed E-state index contributed by atoms with van der Waals surface area (Å²) in [4.78, 5) is 7.72. The number of rotatable bonds is 7. The molecular weight excluding hydrogens is 472 g/mol. The number of hydrogen-bond donors (Lipinski definition) is 3. The lowest BCUT2D eigenvalue weighted by atomic mass is 10.1. The first-order valence-corrected chi connectivity index (χ1v) is 9.30. The molecule has 0 spiro atoms. The van der Waals surface area contributed by atoms with Crippen LogP contribution in [0.2, 0.25) is 0 Å². The third-order valence-corrected chi connectivity index (χ3v) is 4.32. The summed E-state index contributed by atoms with van der Waals surface area (Å²) in [6, 6.07) is 6.73. The molecule has 3 aromatic rings. The summed E-state index contributed by atoms with van der Waals surface area (Å²) >= 11 is 0. The fourth-order valence-electron chi connectivity index (χ4n) is 2.85. The Hall–Kier alpha value is -2.10. The molecule has 2 aromatic heterocycles. The van der Waals surface area contributed by atoms with Crippen molar-refractivity contribution in [2.45, 2.75) is 39.7 Å². The van der Waals surface area contributed by atoms with Gasteiger partial charge in [0.15, 0.2) is 11.7 Å². The summed E-state index contributed by atoms with van der Waals surface area (Å²) in [5.41, 5.74) is 2.95. The molecule has 152 valence electrons. The first-order valence-electron chi connectivity index (χ1n) is 9.30. The van der Waals surface area contributed by atoms with Crippen LogP contribution in [0.3, 0.4) is 0 Å². The van der Waals surface area contributed by atoms with Gasteiger partial charge in [0.1, 0.15) is 12.4 Å². The number of nitrogens with zero attached hydrogens (tertiary/aromatic N) is 2. The lowest BCUT2D eigenvalue weighted by molar-refractivity contribution is 0.376. The van der Waals surface area contributed by atoms with Gasteiger partial charge in [-0.25, -0.2) is 9.38 Å². The van der Waals surface area contributed by atoms with E-state index in [1.807, 2.05) is 19.2 Å². The van der Waals surface area contributed by atoms with Crippen LogP contribution in [0.1, 0.15) is 43.7 Å². The van der Waals surface area contributed by atoms with Gasteiger partial charge in [0.2, 0.25) is 0 Å². The number of aromatic amines is 1. The highest BCUT2D eigenvalue weighted by atomic mass is 127. The number of nitrogens with one attached hydrogen (secondary N) is 3. The van der Waals surface area contributed by atoms with Crippen LogP contribution >= 0.6 is 24.0 Å². The molecule has 0 aliphatic rings. The van der Waals surface area contributed by atoms with Crippen molar-refractivity contribution in [1.29, 1.82) is 0 Å². The highest BCUT2D eigenvalue weighted by Crippen LogP contribution is 2.19. The second kappa shape index (κ2) is 10.4. The van der Waals surface area contributed by atoms with Gasteiger partial charge in [-0.2, -0.15) is 0 Å². The van der Waals surface area contributed by atoms with E-state index in [1.165, 1.54) is 6.07 Å². The lowest BCUT2D eigenvalue weighted by Crippen LogP contribution is -2.38. The van der Waals surface area contributed by atoms with Crippen molar-refractivity contribution < 1.29 is 8.91 Å². The minimum Gasteiger partial charge on any atom is -0.361 e. The van der Waals surface area contributed by atoms with E-state index in [-0.39, 0.29) is 29.8 Å². The molecule has 0 saturated carbocycles. The quantitative estimate of drug-likeness (QED) is 0.257. The first kappa shape index (κ1) is 22.2. The van der Waals surface area contributed by atoms with E-state index in [9.17, 15) is 4.39 Å². The molecule has 3 N–H and O–H groups in total. The van der Waals surface area contributed by atoms with Crippen LogP contribution in [0.4, 0.5) is 4.39 Å². The smallest absolute Gasteiger partial charge is 0.191 e. The Morgan fingerprint density at radius 2 is 2.11 bits per heavy atom. The predicted molar refractivity (Wildman–Crippen MR) is 121 cm³/mol. The number of aliphatic imine (C=N–C) groups is 1. The fourth-order valence-corrected chi connectivity index (χ4v) is 2.85. The number of H-pyrrole nitrogens is 1. The van der Waals surface area contributed by atoms with E-state index in [4.69, 9.17) is 4.52 Å². The molecule has 0 unspecified atom stereocenters. The molecule has 0 fully saturated rings. The van der Waals surface area contributed by atoms with Crippen molar-refractivity contribution in [3.8, 4) is 0 Å². The molecule has 0 aliphatic heterocycles. The zero-order chi connectivity index (χ0) is 19.2. The Balaban J connectivity index is 0.00000280. The van der Waals surface area contributed by atoms with Gasteiger partial charge in [0, 0.05) is 36.3 Å². The Morgan fingerprint density at radius 1 is 1.29 bits per heavy atom. The molecule has 2 heterocycles. The van der Waals surface area contributed by atoms with Gasteiger partial charge >= 0.3 is 0 Å². The Morgan fingerprint density at radius 3 is 2.82 bits per heavy atom. The predicted octanol–water partition coefficient (Wildman–Crippen LogP) is 4.33. The van der Waals surface area contributed by atoms with Crippen LogP contribution in [0.5, 0.6) is 0 Å². The van der Waals surface area contributed by atoms with Gasteiger partial charge in [0.25, 0.3) is 0 Å². The molecule has 0 bridgehead atoms. The molecule has 0 saturated heterocycles. The number of fused-ring (bicyclic) bond motifs is 1. The maximum Gasteiger partial charge on any atom is 0.191 e. The third kappa shape index (κ3) is 5.70. The van der Waals surface area contributed by atoms with E-state index in [0.29, 0.717) is 25.0 Å². The Labute approximate surface area is 181 Å². The van der Waals surface area contributed by atoms with Crippen LogP contribution in [0.25, 0.3) is 10.9 Å². The first-order chi connectivity index (χ1) is 13.1. The van der Waals surface area contributed by atoms with Crippen LogP contribution in [0, 0.1) is 5.82 Å². The van der Waals surface area contributed by atoms with Gasteiger partial charge in [-0.3, -0.25) is 0 Å². The highest BCUT2D eigenvalue weighted by molar-refractivity contribution is 14.0. The number of hydrogen-bond acceptors (Lipinski definition) is 3. The van der Waals surface area contributed by atoms with Gasteiger partial charge in [-0.05, 0) is 43.0 Å². The molecule has 0 aliphatic carbocycles. The van der Waals surface area contributed by atoms with Crippen molar-refractivity contribution in [2.24, 2.45) is 4.99 Å². The van der Waals surface area contributed by atoms with E-state index < -0.39 is 0 Å². The monoisotopic (exact) mass is 499 g/mol. The van der Waals surface area contributed by atoms with E-state index in [0.717, 1.165) is 40.9 Å². The van der Waals surface area contributed by atoms with Crippen molar-refractivity contribution in [3.63, 3.8) is 0 Å². The summed E-state index contributed by atoms with van der Waals surface area (Å²) < 4.78 is 18.8. The molecule has 6 nitrogen and oxygen atoms in total. The number of halogens is 2. The largest absolute Gasteiger partial charge is 0.361 e. The molecule has 0 amide bonds. The minimum atomic E-state index is -0.223. The molecule has 0 radical (unpaired) electrons. The van der Waals surface area contributed by atoms with Gasteiger partial charge in [-0.15, -0.1) is 24.0 Å². The summed E-state index contributed by atoms with van der Waals surface area (Å²) in [5.74, 6) is 1.56. The van der Waals surface area contributed by atoms with Crippen molar-refractivity contribution in [2.75, 3.05) is 13.1 Å². The Kier molecular flexibility index (Phi) is 8.28. The molecule has 28 heavy (non-hydrogen) atoms. The van der Waals surface area contributed by atoms with E-state index in [2.05, 4.69) is 39.6 Å².